The SMILES string of the molecule is O=C(NCCCc1cccnc1)c1ccccn1. The monoisotopic (exact) mass is 241 g/mol. The molecule has 2 aromatic rings. The Hall–Kier alpha value is -2.23. The van der Waals surface area contributed by atoms with Crippen LogP contribution >= 0.6 is 0 Å². The average Bonchev–Trinajstić information content (AvgIpc) is 2.45. The molecule has 0 aromatic carbocycles. The number of amides is 1. The van der Waals surface area contributed by atoms with Gasteiger partial charge < -0.3 is 5.32 Å². The lowest BCUT2D eigenvalue weighted by molar-refractivity contribution is 0.0948. The van der Waals surface area contributed by atoms with Gasteiger partial charge in [-0.25, -0.2) is 0 Å². The second kappa shape index (κ2) is 6.49. The number of rotatable bonds is 5. The predicted octanol–water partition coefficient (Wildman–Crippen LogP) is 1.84. The summed E-state index contributed by atoms with van der Waals surface area (Å²) in [5.41, 5.74) is 1.64. The molecule has 1 amide bonds. The van der Waals surface area contributed by atoms with Crippen LogP contribution in [0.3, 0.4) is 0 Å². The van der Waals surface area contributed by atoms with Gasteiger partial charge >= 0.3 is 0 Å². The fraction of sp³-hybridized carbons (Fsp3) is 0.214. The molecule has 0 spiro atoms. The van der Waals surface area contributed by atoms with E-state index < -0.39 is 0 Å². The third kappa shape index (κ3) is 3.66. The smallest absolute Gasteiger partial charge is 0.269 e. The summed E-state index contributed by atoms with van der Waals surface area (Å²) < 4.78 is 0. The van der Waals surface area contributed by atoms with Crippen LogP contribution in [0, 0.1) is 0 Å². The van der Waals surface area contributed by atoms with Crippen molar-refractivity contribution in [2.45, 2.75) is 12.8 Å². The van der Waals surface area contributed by atoms with Gasteiger partial charge in [-0.05, 0) is 36.6 Å². The standard InChI is InChI=1S/C14H15N3O/c18-14(13-7-1-2-9-16-13)17-10-4-6-12-5-3-8-15-11-12/h1-3,5,7-9,11H,4,6,10H2,(H,17,18). The topological polar surface area (TPSA) is 54.9 Å². The van der Waals surface area contributed by atoms with E-state index in [9.17, 15) is 4.79 Å². The average molecular weight is 241 g/mol. The van der Waals surface area contributed by atoms with Gasteiger partial charge in [-0.2, -0.15) is 0 Å². The minimum absolute atomic E-state index is 0.123. The van der Waals surface area contributed by atoms with Gasteiger partial charge in [-0.15, -0.1) is 0 Å². The van der Waals surface area contributed by atoms with Gasteiger partial charge in [0, 0.05) is 25.1 Å². The maximum absolute atomic E-state index is 11.7. The fourth-order valence-electron chi connectivity index (χ4n) is 1.63. The lowest BCUT2D eigenvalue weighted by Crippen LogP contribution is -2.25. The van der Waals surface area contributed by atoms with Gasteiger partial charge in [-0.1, -0.05) is 12.1 Å². The molecule has 92 valence electrons. The van der Waals surface area contributed by atoms with Crippen LogP contribution in [-0.4, -0.2) is 22.4 Å². The summed E-state index contributed by atoms with van der Waals surface area (Å²) in [4.78, 5) is 19.7. The molecule has 2 rings (SSSR count). The normalized spacial score (nSPS) is 10.0. The quantitative estimate of drug-likeness (QED) is 0.813. The second-order valence-corrected chi connectivity index (χ2v) is 3.94. The van der Waals surface area contributed by atoms with Crippen molar-refractivity contribution >= 4 is 5.91 Å². The third-order valence-corrected chi connectivity index (χ3v) is 2.55. The van der Waals surface area contributed by atoms with Crippen LogP contribution in [-0.2, 0) is 6.42 Å². The Morgan fingerprint density at radius 1 is 1.17 bits per heavy atom. The molecule has 2 heterocycles. The molecule has 0 aliphatic heterocycles. The molecule has 0 saturated heterocycles. The van der Waals surface area contributed by atoms with Crippen molar-refractivity contribution in [1.82, 2.24) is 15.3 Å². The minimum Gasteiger partial charge on any atom is -0.351 e. The predicted molar refractivity (Wildman–Crippen MR) is 69.1 cm³/mol. The number of carbonyl (C=O) groups excluding carboxylic acids is 1. The lowest BCUT2D eigenvalue weighted by Gasteiger charge is -2.04. The second-order valence-electron chi connectivity index (χ2n) is 3.94. The zero-order valence-electron chi connectivity index (χ0n) is 10.0. The van der Waals surface area contributed by atoms with E-state index in [4.69, 9.17) is 0 Å². The van der Waals surface area contributed by atoms with Gasteiger partial charge in [0.25, 0.3) is 5.91 Å². The largest absolute Gasteiger partial charge is 0.351 e. The molecule has 4 heteroatoms. The molecular formula is C14H15N3O. The van der Waals surface area contributed by atoms with Crippen molar-refractivity contribution in [2.24, 2.45) is 0 Å². The molecule has 0 aliphatic rings. The first-order chi connectivity index (χ1) is 8.86. The third-order valence-electron chi connectivity index (χ3n) is 2.55. The molecule has 0 atom stereocenters. The number of nitrogens with one attached hydrogen (secondary N) is 1. The first-order valence-electron chi connectivity index (χ1n) is 5.94. The maximum Gasteiger partial charge on any atom is 0.269 e. The molecule has 0 fully saturated rings. The van der Waals surface area contributed by atoms with E-state index in [1.807, 2.05) is 18.3 Å². The van der Waals surface area contributed by atoms with Crippen LogP contribution in [0.4, 0.5) is 0 Å². The van der Waals surface area contributed by atoms with Gasteiger partial charge in [0.15, 0.2) is 0 Å². The molecule has 0 radical (unpaired) electrons. The molecule has 0 saturated carbocycles. The number of hydrogen-bond acceptors (Lipinski definition) is 3. The highest BCUT2D eigenvalue weighted by atomic mass is 16.1. The highest BCUT2D eigenvalue weighted by molar-refractivity contribution is 5.92. The zero-order chi connectivity index (χ0) is 12.6. The van der Waals surface area contributed by atoms with Gasteiger partial charge in [0.05, 0.1) is 0 Å². The van der Waals surface area contributed by atoms with Crippen LogP contribution in [0.1, 0.15) is 22.5 Å². The minimum atomic E-state index is -0.123. The molecule has 0 unspecified atom stereocenters. The Morgan fingerprint density at radius 3 is 2.83 bits per heavy atom. The highest BCUT2D eigenvalue weighted by Crippen LogP contribution is 1.99. The van der Waals surface area contributed by atoms with Crippen LogP contribution in [0.25, 0.3) is 0 Å². The molecule has 18 heavy (non-hydrogen) atoms. The summed E-state index contributed by atoms with van der Waals surface area (Å²) in [5.74, 6) is -0.123. The van der Waals surface area contributed by atoms with E-state index in [1.165, 1.54) is 5.56 Å². The Bertz CT molecular complexity index is 485. The van der Waals surface area contributed by atoms with Crippen LogP contribution in [0.2, 0.25) is 0 Å². The van der Waals surface area contributed by atoms with Crippen LogP contribution in [0.5, 0.6) is 0 Å². The Balaban J connectivity index is 1.72. The molecule has 4 nitrogen and oxygen atoms in total. The lowest BCUT2D eigenvalue weighted by atomic mass is 10.1. The van der Waals surface area contributed by atoms with E-state index in [-0.39, 0.29) is 5.91 Å². The molecule has 1 N–H and O–H groups in total. The highest BCUT2D eigenvalue weighted by Gasteiger charge is 2.04. The van der Waals surface area contributed by atoms with Crippen LogP contribution < -0.4 is 5.32 Å². The van der Waals surface area contributed by atoms with Crippen molar-refractivity contribution in [3.8, 4) is 0 Å². The van der Waals surface area contributed by atoms with Crippen molar-refractivity contribution in [3.63, 3.8) is 0 Å². The summed E-state index contributed by atoms with van der Waals surface area (Å²) in [6, 6.07) is 9.25. The summed E-state index contributed by atoms with van der Waals surface area (Å²) in [6.45, 7) is 0.643. The zero-order valence-corrected chi connectivity index (χ0v) is 10.0. The molecular weight excluding hydrogens is 226 g/mol. The van der Waals surface area contributed by atoms with Gasteiger partial charge in [0.1, 0.15) is 5.69 Å². The number of carbonyl (C=O) groups is 1. The first-order valence-corrected chi connectivity index (χ1v) is 5.94. The first kappa shape index (κ1) is 12.2. The van der Waals surface area contributed by atoms with Gasteiger partial charge in [-0.3, -0.25) is 14.8 Å². The van der Waals surface area contributed by atoms with E-state index >= 15 is 0 Å². The number of aromatic nitrogens is 2. The Labute approximate surface area is 106 Å². The number of nitrogens with zero attached hydrogens (tertiary/aromatic N) is 2. The summed E-state index contributed by atoms with van der Waals surface area (Å²) in [5, 5.41) is 2.85. The van der Waals surface area contributed by atoms with E-state index in [0.29, 0.717) is 12.2 Å². The summed E-state index contributed by atoms with van der Waals surface area (Å²) >= 11 is 0. The molecule has 0 aliphatic carbocycles. The van der Waals surface area contributed by atoms with Crippen LogP contribution in [0.15, 0.2) is 48.9 Å². The maximum atomic E-state index is 11.7. The Morgan fingerprint density at radius 2 is 2.11 bits per heavy atom. The van der Waals surface area contributed by atoms with Crippen molar-refractivity contribution in [1.29, 1.82) is 0 Å². The Kier molecular flexibility index (Phi) is 4.41. The molecule has 0 bridgehead atoms. The number of pyridine rings is 2. The summed E-state index contributed by atoms with van der Waals surface area (Å²) in [7, 11) is 0. The molecule has 2 aromatic heterocycles. The number of hydrogen-bond donors (Lipinski definition) is 1. The van der Waals surface area contributed by atoms with Crippen molar-refractivity contribution < 1.29 is 4.79 Å². The van der Waals surface area contributed by atoms with E-state index in [0.717, 1.165) is 12.8 Å². The van der Waals surface area contributed by atoms with Gasteiger partial charge in [0.2, 0.25) is 0 Å². The number of aryl methyl sites for hydroxylation is 1. The van der Waals surface area contributed by atoms with E-state index in [1.54, 1.807) is 30.6 Å². The van der Waals surface area contributed by atoms with Crippen molar-refractivity contribution in [2.75, 3.05) is 6.54 Å². The summed E-state index contributed by atoms with van der Waals surface area (Å²) in [6.07, 6.45) is 7.03. The fourth-order valence-corrected chi connectivity index (χ4v) is 1.63. The van der Waals surface area contributed by atoms with Crippen molar-refractivity contribution in [3.05, 3.63) is 60.2 Å². The van der Waals surface area contributed by atoms with E-state index in [2.05, 4.69) is 15.3 Å².